The van der Waals surface area contributed by atoms with Crippen molar-refractivity contribution >= 4 is 21.6 Å². The summed E-state index contributed by atoms with van der Waals surface area (Å²) in [4.78, 5) is 0.205. The Labute approximate surface area is 120 Å². The predicted octanol–water partition coefficient (Wildman–Crippen LogP) is 2.30. The van der Waals surface area contributed by atoms with E-state index in [1.165, 1.54) is 6.07 Å². The van der Waals surface area contributed by atoms with Crippen molar-refractivity contribution < 1.29 is 8.42 Å². The molecule has 6 heteroatoms. The zero-order chi connectivity index (χ0) is 14.6. The van der Waals surface area contributed by atoms with Crippen molar-refractivity contribution in [3.8, 4) is 0 Å². The molecule has 0 amide bonds. The van der Waals surface area contributed by atoms with Gasteiger partial charge in [0, 0.05) is 17.6 Å². The van der Waals surface area contributed by atoms with E-state index >= 15 is 0 Å². The molecule has 0 aliphatic heterocycles. The lowest BCUT2D eigenvalue weighted by molar-refractivity contribution is 0.485. The van der Waals surface area contributed by atoms with Gasteiger partial charge in [0.1, 0.15) is 0 Å². The first-order chi connectivity index (χ1) is 8.74. The van der Waals surface area contributed by atoms with Crippen LogP contribution in [0.2, 0.25) is 5.02 Å². The first kappa shape index (κ1) is 16.4. The summed E-state index contributed by atoms with van der Waals surface area (Å²) in [6.45, 7) is 6.02. The maximum Gasteiger partial charge on any atom is 0.240 e. The number of benzene rings is 1. The average molecular weight is 305 g/mol. The average Bonchev–Trinajstić information content (AvgIpc) is 2.29. The molecule has 3 N–H and O–H groups in total. The standard InChI is InChI=1S/C13H21ClN2O2S/c1-9(2)7-11(15)8-16-19(17,18)13-6-4-5-12(14)10(13)3/h4-6,9,11,16H,7-8,15H2,1-3H3. The van der Waals surface area contributed by atoms with Gasteiger partial charge < -0.3 is 5.73 Å². The predicted molar refractivity (Wildman–Crippen MR) is 78.8 cm³/mol. The smallest absolute Gasteiger partial charge is 0.240 e. The maximum absolute atomic E-state index is 12.2. The van der Waals surface area contributed by atoms with E-state index in [1.54, 1.807) is 19.1 Å². The van der Waals surface area contributed by atoms with Gasteiger partial charge in [0.05, 0.1) is 4.90 Å². The van der Waals surface area contributed by atoms with Gasteiger partial charge in [-0.1, -0.05) is 31.5 Å². The molecule has 0 aromatic heterocycles. The van der Waals surface area contributed by atoms with E-state index in [9.17, 15) is 8.42 Å². The maximum atomic E-state index is 12.2. The molecule has 1 aromatic rings. The fraction of sp³-hybridized carbons (Fsp3) is 0.538. The number of hydrogen-bond donors (Lipinski definition) is 2. The Morgan fingerprint density at radius 3 is 2.58 bits per heavy atom. The van der Waals surface area contributed by atoms with Crippen LogP contribution in [-0.4, -0.2) is 21.0 Å². The second-order valence-electron chi connectivity index (χ2n) is 5.10. The highest BCUT2D eigenvalue weighted by Gasteiger charge is 2.19. The molecule has 0 fully saturated rings. The number of halogens is 1. The topological polar surface area (TPSA) is 72.2 Å². The third-order valence-electron chi connectivity index (χ3n) is 2.82. The molecule has 0 saturated heterocycles. The van der Waals surface area contributed by atoms with Crippen molar-refractivity contribution in [2.45, 2.75) is 38.1 Å². The summed E-state index contributed by atoms with van der Waals surface area (Å²) in [6.07, 6.45) is 0.775. The van der Waals surface area contributed by atoms with Crippen LogP contribution in [0.1, 0.15) is 25.8 Å². The monoisotopic (exact) mass is 304 g/mol. The molecule has 19 heavy (non-hydrogen) atoms. The lowest BCUT2D eigenvalue weighted by Crippen LogP contribution is -2.38. The molecule has 108 valence electrons. The molecule has 0 aliphatic carbocycles. The Morgan fingerprint density at radius 2 is 2.00 bits per heavy atom. The molecule has 1 unspecified atom stereocenters. The minimum atomic E-state index is -3.56. The number of nitrogens with two attached hydrogens (primary N) is 1. The highest BCUT2D eigenvalue weighted by atomic mass is 35.5. The van der Waals surface area contributed by atoms with Crippen molar-refractivity contribution in [2.75, 3.05) is 6.54 Å². The van der Waals surface area contributed by atoms with Gasteiger partial charge in [0.15, 0.2) is 0 Å². The van der Waals surface area contributed by atoms with Gasteiger partial charge >= 0.3 is 0 Å². The van der Waals surface area contributed by atoms with Gasteiger partial charge in [0.2, 0.25) is 10.0 Å². The Morgan fingerprint density at radius 1 is 1.37 bits per heavy atom. The van der Waals surface area contributed by atoms with Crippen LogP contribution in [0.25, 0.3) is 0 Å². The quantitative estimate of drug-likeness (QED) is 0.847. The molecule has 0 bridgehead atoms. The molecule has 0 heterocycles. The summed E-state index contributed by atoms with van der Waals surface area (Å²) >= 11 is 5.93. The highest BCUT2D eigenvalue weighted by molar-refractivity contribution is 7.89. The van der Waals surface area contributed by atoms with Gasteiger partial charge in [0.25, 0.3) is 0 Å². The van der Waals surface area contributed by atoms with E-state index in [2.05, 4.69) is 18.6 Å². The van der Waals surface area contributed by atoms with Crippen LogP contribution in [-0.2, 0) is 10.0 Å². The summed E-state index contributed by atoms with van der Waals surface area (Å²) in [6, 6.07) is 4.64. The van der Waals surface area contributed by atoms with Crippen LogP contribution in [0.5, 0.6) is 0 Å². The molecule has 1 rings (SSSR count). The second kappa shape index (κ2) is 6.70. The molecule has 4 nitrogen and oxygen atoms in total. The summed E-state index contributed by atoms with van der Waals surface area (Å²) in [7, 11) is -3.56. The van der Waals surface area contributed by atoms with E-state index in [0.29, 0.717) is 16.5 Å². The molecule has 0 aliphatic rings. The van der Waals surface area contributed by atoms with Gasteiger partial charge in [-0.25, -0.2) is 13.1 Å². The van der Waals surface area contributed by atoms with Crippen molar-refractivity contribution in [2.24, 2.45) is 11.7 Å². The third kappa shape index (κ3) is 4.76. The number of rotatable bonds is 6. The Kier molecular flexibility index (Phi) is 5.80. The fourth-order valence-electron chi connectivity index (χ4n) is 1.86. The van der Waals surface area contributed by atoms with Gasteiger partial charge in [-0.3, -0.25) is 0 Å². The van der Waals surface area contributed by atoms with E-state index in [0.717, 1.165) is 6.42 Å². The Bertz CT molecular complexity index is 529. The highest BCUT2D eigenvalue weighted by Crippen LogP contribution is 2.22. The van der Waals surface area contributed by atoms with E-state index in [-0.39, 0.29) is 17.5 Å². The Balaban J connectivity index is 2.79. The lowest BCUT2D eigenvalue weighted by Gasteiger charge is -2.16. The minimum absolute atomic E-state index is 0.186. The first-order valence-corrected chi connectivity index (χ1v) is 8.10. The zero-order valence-electron chi connectivity index (χ0n) is 11.5. The summed E-state index contributed by atoms with van der Waals surface area (Å²) in [5.74, 6) is 0.437. The van der Waals surface area contributed by atoms with Gasteiger partial charge in [-0.2, -0.15) is 0 Å². The first-order valence-electron chi connectivity index (χ1n) is 6.24. The van der Waals surface area contributed by atoms with Crippen molar-refractivity contribution in [3.63, 3.8) is 0 Å². The van der Waals surface area contributed by atoms with Crippen LogP contribution < -0.4 is 10.5 Å². The van der Waals surface area contributed by atoms with Crippen LogP contribution >= 0.6 is 11.6 Å². The van der Waals surface area contributed by atoms with Crippen LogP contribution in [0.3, 0.4) is 0 Å². The summed E-state index contributed by atoms with van der Waals surface area (Å²) in [5, 5.41) is 0.439. The Hall–Kier alpha value is -0.620. The van der Waals surface area contributed by atoms with E-state index in [1.807, 2.05) is 0 Å². The molecule has 1 atom stereocenters. The zero-order valence-corrected chi connectivity index (χ0v) is 13.1. The fourth-order valence-corrected chi connectivity index (χ4v) is 3.45. The summed E-state index contributed by atoms with van der Waals surface area (Å²) < 4.78 is 26.9. The number of sulfonamides is 1. The van der Waals surface area contributed by atoms with Gasteiger partial charge in [-0.15, -0.1) is 0 Å². The van der Waals surface area contributed by atoms with Crippen molar-refractivity contribution in [1.29, 1.82) is 0 Å². The van der Waals surface area contributed by atoms with Crippen LogP contribution in [0.15, 0.2) is 23.1 Å². The van der Waals surface area contributed by atoms with Crippen molar-refractivity contribution in [1.82, 2.24) is 4.72 Å². The largest absolute Gasteiger partial charge is 0.327 e. The summed E-state index contributed by atoms with van der Waals surface area (Å²) in [5.41, 5.74) is 6.42. The lowest BCUT2D eigenvalue weighted by atomic mass is 10.1. The molecule has 1 aromatic carbocycles. The molecular formula is C13H21ClN2O2S. The van der Waals surface area contributed by atoms with Crippen LogP contribution in [0.4, 0.5) is 0 Å². The number of nitrogens with one attached hydrogen (secondary N) is 1. The molecule has 0 saturated carbocycles. The minimum Gasteiger partial charge on any atom is -0.327 e. The SMILES string of the molecule is Cc1c(Cl)cccc1S(=O)(=O)NCC(N)CC(C)C. The second-order valence-corrected chi connectivity index (χ2v) is 7.25. The molecule has 0 radical (unpaired) electrons. The van der Waals surface area contributed by atoms with Gasteiger partial charge in [-0.05, 0) is 37.0 Å². The number of hydrogen-bond acceptors (Lipinski definition) is 3. The van der Waals surface area contributed by atoms with Crippen LogP contribution in [0, 0.1) is 12.8 Å². The third-order valence-corrected chi connectivity index (χ3v) is 4.79. The molecule has 0 spiro atoms. The molecular weight excluding hydrogens is 284 g/mol. The van der Waals surface area contributed by atoms with Crippen molar-refractivity contribution in [3.05, 3.63) is 28.8 Å². The van der Waals surface area contributed by atoms with E-state index in [4.69, 9.17) is 17.3 Å². The van der Waals surface area contributed by atoms with E-state index < -0.39 is 10.0 Å². The normalized spacial score (nSPS) is 13.8.